The summed E-state index contributed by atoms with van der Waals surface area (Å²) < 4.78 is 10.8. The van der Waals surface area contributed by atoms with Crippen LogP contribution in [0.15, 0.2) is 12.1 Å². The minimum atomic E-state index is -1.23. The lowest BCUT2D eigenvalue weighted by atomic mass is 10.1. The van der Waals surface area contributed by atoms with E-state index in [9.17, 15) is 19.5 Å². The highest BCUT2D eigenvalue weighted by atomic mass is 16.5. The van der Waals surface area contributed by atoms with Crippen molar-refractivity contribution in [3.63, 3.8) is 0 Å². The molecule has 0 saturated carbocycles. The minimum Gasteiger partial charge on any atom is -0.490 e. The third kappa shape index (κ3) is 3.87. The molecule has 1 heterocycles. The van der Waals surface area contributed by atoms with Gasteiger partial charge in [-0.05, 0) is 0 Å². The van der Waals surface area contributed by atoms with E-state index in [0.29, 0.717) is 31.1 Å². The summed E-state index contributed by atoms with van der Waals surface area (Å²) in [6, 6.07) is 2.67. The number of nitrogens with one attached hydrogen (secondary N) is 1. The van der Waals surface area contributed by atoms with E-state index in [-0.39, 0.29) is 24.1 Å². The Bertz CT molecular complexity index is 611. The number of carbonyl (C=O) groups excluding carboxylic acids is 1. The Hall–Kier alpha value is -2.77. The van der Waals surface area contributed by atoms with Crippen LogP contribution in [0.2, 0.25) is 0 Å². The lowest BCUT2D eigenvalue weighted by molar-refractivity contribution is -0.138. The molecule has 0 saturated heterocycles. The van der Waals surface area contributed by atoms with E-state index in [4.69, 9.17) is 14.6 Å². The van der Waals surface area contributed by atoms with Crippen LogP contribution in [0.3, 0.4) is 0 Å². The van der Waals surface area contributed by atoms with Crippen molar-refractivity contribution in [3.05, 3.63) is 17.7 Å². The van der Waals surface area contributed by atoms with E-state index in [0.717, 1.165) is 0 Å². The highest BCUT2D eigenvalue weighted by Crippen LogP contribution is 2.35. The van der Waals surface area contributed by atoms with Gasteiger partial charge < -0.3 is 25.0 Å². The van der Waals surface area contributed by atoms with E-state index < -0.39 is 17.8 Å². The summed E-state index contributed by atoms with van der Waals surface area (Å²) in [6.07, 6.45) is 0.0824. The van der Waals surface area contributed by atoms with E-state index in [1.165, 1.54) is 12.1 Å². The van der Waals surface area contributed by atoms with Crippen LogP contribution in [0.1, 0.15) is 29.6 Å². The van der Waals surface area contributed by atoms with Crippen molar-refractivity contribution in [2.24, 2.45) is 0 Å². The summed E-state index contributed by atoms with van der Waals surface area (Å²) in [5.41, 5.74) is -0.0972. The Morgan fingerprint density at radius 3 is 2.27 bits per heavy atom. The van der Waals surface area contributed by atoms with Crippen LogP contribution in [-0.2, 0) is 9.59 Å². The lowest BCUT2D eigenvalue weighted by Gasteiger charge is -2.13. The van der Waals surface area contributed by atoms with Crippen molar-refractivity contribution in [1.82, 2.24) is 0 Å². The summed E-state index contributed by atoms with van der Waals surface area (Å²) >= 11 is 0. The molecule has 1 aliphatic heterocycles. The van der Waals surface area contributed by atoms with Gasteiger partial charge in [0, 0.05) is 25.0 Å². The maximum Gasteiger partial charge on any atom is 0.337 e. The quantitative estimate of drug-likeness (QED) is 0.750. The molecule has 118 valence electrons. The van der Waals surface area contributed by atoms with Gasteiger partial charge >= 0.3 is 11.9 Å². The Balaban J connectivity index is 2.25. The van der Waals surface area contributed by atoms with Crippen molar-refractivity contribution < 1.29 is 34.1 Å². The molecule has 1 aromatic rings. The predicted molar refractivity (Wildman–Crippen MR) is 74.5 cm³/mol. The molecule has 0 bridgehead atoms. The second kappa shape index (κ2) is 6.79. The van der Waals surface area contributed by atoms with E-state index >= 15 is 0 Å². The molecule has 0 unspecified atom stereocenters. The van der Waals surface area contributed by atoms with E-state index in [2.05, 4.69) is 5.32 Å². The number of aliphatic carboxylic acids is 1. The number of anilines is 1. The van der Waals surface area contributed by atoms with Crippen LogP contribution in [0.5, 0.6) is 11.5 Å². The van der Waals surface area contributed by atoms with Crippen molar-refractivity contribution >= 4 is 23.5 Å². The number of hydrogen-bond donors (Lipinski definition) is 3. The zero-order valence-electron chi connectivity index (χ0n) is 11.6. The number of ether oxygens (including phenoxy) is 2. The third-order valence-electron chi connectivity index (χ3n) is 2.96. The number of fused-ring (bicyclic) bond motifs is 1. The van der Waals surface area contributed by atoms with Gasteiger partial charge in [-0.1, -0.05) is 0 Å². The molecule has 1 amide bonds. The van der Waals surface area contributed by atoms with E-state index in [1.807, 2.05) is 0 Å². The number of amides is 1. The van der Waals surface area contributed by atoms with Gasteiger partial charge in [-0.25, -0.2) is 4.79 Å². The Labute approximate surface area is 125 Å². The van der Waals surface area contributed by atoms with Crippen LogP contribution in [0.25, 0.3) is 0 Å². The maximum atomic E-state index is 11.7. The molecule has 1 aromatic carbocycles. The van der Waals surface area contributed by atoms with Gasteiger partial charge in [0.25, 0.3) is 0 Å². The van der Waals surface area contributed by atoms with Crippen molar-refractivity contribution in [2.75, 3.05) is 18.5 Å². The second-order valence-corrected chi connectivity index (χ2v) is 4.64. The molecule has 0 atom stereocenters. The summed E-state index contributed by atoms with van der Waals surface area (Å²) in [5.74, 6) is -2.27. The fraction of sp³-hybridized carbons (Fsp3) is 0.357. The smallest absolute Gasteiger partial charge is 0.337 e. The molecular formula is C14H15NO7. The summed E-state index contributed by atoms with van der Waals surface area (Å²) in [5, 5.41) is 20.2. The van der Waals surface area contributed by atoms with Crippen LogP contribution in [-0.4, -0.2) is 41.3 Å². The predicted octanol–water partition coefficient (Wildman–Crippen LogP) is 1.35. The van der Waals surface area contributed by atoms with E-state index in [1.54, 1.807) is 0 Å². The summed E-state index contributed by atoms with van der Waals surface area (Å²) in [4.78, 5) is 33.4. The first-order chi connectivity index (χ1) is 10.5. The Morgan fingerprint density at radius 2 is 1.68 bits per heavy atom. The molecule has 0 spiro atoms. The number of rotatable bonds is 5. The highest BCUT2D eigenvalue weighted by Gasteiger charge is 2.20. The summed E-state index contributed by atoms with van der Waals surface area (Å²) in [7, 11) is 0. The highest BCUT2D eigenvalue weighted by molar-refractivity contribution is 6.01. The van der Waals surface area contributed by atoms with Gasteiger partial charge in [-0.15, -0.1) is 0 Å². The fourth-order valence-electron chi connectivity index (χ4n) is 1.92. The molecule has 0 radical (unpaired) electrons. The molecule has 3 N–H and O–H groups in total. The Kier molecular flexibility index (Phi) is 4.82. The van der Waals surface area contributed by atoms with Gasteiger partial charge in [-0.3, -0.25) is 9.59 Å². The Morgan fingerprint density at radius 1 is 1.05 bits per heavy atom. The third-order valence-corrected chi connectivity index (χ3v) is 2.96. The first-order valence-electron chi connectivity index (χ1n) is 6.66. The van der Waals surface area contributed by atoms with Crippen molar-refractivity contribution in [1.29, 1.82) is 0 Å². The summed E-state index contributed by atoms with van der Waals surface area (Å²) in [6.45, 7) is 0.836. The average molecular weight is 309 g/mol. The van der Waals surface area contributed by atoms with Crippen LogP contribution >= 0.6 is 0 Å². The van der Waals surface area contributed by atoms with Crippen molar-refractivity contribution in [3.8, 4) is 11.5 Å². The average Bonchev–Trinajstić information content (AvgIpc) is 2.68. The standard InChI is InChI=1S/C14H15NO7/c16-12(2-3-13(17)18)15-9-7-11-10(6-8(9)14(19)20)21-4-1-5-22-11/h6-7H,1-5H2,(H,15,16)(H,17,18)(H,19,20). The van der Waals surface area contributed by atoms with Crippen LogP contribution in [0.4, 0.5) is 5.69 Å². The zero-order chi connectivity index (χ0) is 16.1. The minimum absolute atomic E-state index is 0.0483. The molecule has 8 nitrogen and oxygen atoms in total. The van der Waals surface area contributed by atoms with Gasteiger partial charge in [0.15, 0.2) is 11.5 Å². The zero-order valence-corrected chi connectivity index (χ0v) is 11.6. The van der Waals surface area contributed by atoms with Gasteiger partial charge in [-0.2, -0.15) is 0 Å². The molecule has 0 aromatic heterocycles. The second-order valence-electron chi connectivity index (χ2n) is 4.64. The normalized spacial score (nSPS) is 13.1. The van der Waals surface area contributed by atoms with Crippen molar-refractivity contribution in [2.45, 2.75) is 19.3 Å². The fourth-order valence-corrected chi connectivity index (χ4v) is 1.92. The molecule has 22 heavy (non-hydrogen) atoms. The van der Waals surface area contributed by atoms with Gasteiger partial charge in [0.2, 0.25) is 5.91 Å². The number of benzene rings is 1. The van der Waals surface area contributed by atoms with Crippen LogP contribution in [0, 0.1) is 0 Å². The number of aromatic carboxylic acids is 1. The number of carboxylic acids is 2. The number of carboxylic acid groups (broad SMARTS) is 2. The first kappa shape index (κ1) is 15.6. The monoisotopic (exact) mass is 309 g/mol. The lowest BCUT2D eigenvalue weighted by Crippen LogP contribution is -2.16. The molecule has 0 aliphatic carbocycles. The van der Waals surface area contributed by atoms with Crippen LogP contribution < -0.4 is 14.8 Å². The number of carbonyl (C=O) groups is 3. The molecular weight excluding hydrogens is 294 g/mol. The molecule has 1 aliphatic rings. The van der Waals surface area contributed by atoms with Gasteiger partial charge in [0.05, 0.1) is 30.9 Å². The SMILES string of the molecule is O=C(O)CCC(=O)Nc1cc2c(cc1C(=O)O)OCCCO2. The molecule has 0 fully saturated rings. The molecule has 2 rings (SSSR count). The topological polar surface area (TPSA) is 122 Å². The number of hydrogen-bond acceptors (Lipinski definition) is 5. The van der Waals surface area contributed by atoms with Gasteiger partial charge in [0.1, 0.15) is 0 Å². The first-order valence-corrected chi connectivity index (χ1v) is 6.66. The molecule has 8 heteroatoms. The largest absolute Gasteiger partial charge is 0.490 e. The maximum absolute atomic E-state index is 11.7.